The number of aryl methyl sites for hydroxylation is 2. The summed E-state index contributed by atoms with van der Waals surface area (Å²) in [6.45, 7) is 3.92. The summed E-state index contributed by atoms with van der Waals surface area (Å²) in [5.74, 6) is 0.968. The average molecular weight is 328 g/mol. The average Bonchev–Trinajstić information content (AvgIpc) is 3.31. The van der Waals surface area contributed by atoms with Crippen molar-refractivity contribution in [1.82, 2.24) is 9.80 Å². The Balaban J connectivity index is 1.25. The number of ether oxygens (including phenoxy) is 1. The van der Waals surface area contributed by atoms with Crippen LogP contribution in [-0.4, -0.2) is 54.5 Å². The Morgan fingerprint density at radius 3 is 2.54 bits per heavy atom. The van der Waals surface area contributed by atoms with E-state index < -0.39 is 0 Å². The molecule has 0 bridgehead atoms. The number of benzene rings is 1. The summed E-state index contributed by atoms with van der Waals surface area (Å²) in [6, 6.07) is 7.05. The highest BCUT2D eigenvalue weighted by Gasteiger charge is 2.27. The third kappa shape index (κ3) is 3.44. The normalized spacial score (nSPS) is 21.9. The lowest BCUT2D eigenvalue weighted by atomic mass is 10.1. The number of amides is 1. The summed E-state index contributed by atoms with van der Waals surface area (Å²) < 4.78 is 5.77. The van der Waals surface area contributed by atoms with Crippen molar-refractivity contribution in [3.05, 3.63) is 29.3 Å². The first-order valence-electron chi connectivity index (χ1n) is 9.56. The highest BCUT2D eigenvalue weighted by atomic mass is 16.5. The number of carbonyl (C=O) groups is 1. The maximum Gasteiger partial charge on any atom is 0.260 e. The van der Waals surface area contributed by atoms with Gasteiger partial charge in [-0.2, -0.15) is 0 Å². The fourth-order valence-electron chi connectivity index (χ4n) is 4.48. The molecule has 4 rings (SSSR count). The monoisotopic (exact) mass is 328 g/mol. The zero-order valence-corrected chi connectivity index (χ0v) is 14.5. The van der Waals surface area contributed by atoms with Crippen molar-refractivity contribution in [2.45, 2.75) is 51.0 Å². The molecule has 24 heavy (non-hydrogen) atoms. The van der Waals surface area contributed by atoms with E-state index in [9.17, 15) is 4.79 Å². The Morgan fingerprint density at radius 1 is 1.00 bits per heavy atom. The molecular formula is C20H28N2O2. The molecule has 1 saturated carbocycles. The molecule has 0 radical (unpaired) electrons. The first-order chi connectivity index (χ1) is 11.8. The van der Waals surface area contributed by atoms with Crippen molar-refractivity contribution in [2.75, 3.05) is 32.8 Å². The third-order valence-corrected chi connectivity index (χ3v) is 5.94. The minimum absolute atomic E-state index is 0.126. The zero-order valence-electron chi connectivity index (χ0n) is 14.5. The van der Waals surface area contributed by atoms with Gasteiger partial charge in [0.15, 0.2) is 6.61 Å². The number of carbonyl (C=O) groups excluding carboxylic acids is 1. The molecular weight excluding hydrogens is 300 g/mol. The quantitative estimate of drug-likeness (QED) is 0.852. The lowest BCUT2D eigenvalue weighted by Crippen LogP contribution is -2.52. The van der Waals surface area contributed by atoms with E-state index in [0.29, 0.717) is 0 Å². The lowest BCUT2D eigenvalue weighted by Gasteiger charge is -2.38. The summed E-state index contributed by atoms with van der Waals surface area (Å²) in [4.78, 5) is 17.0. The van der Waals surface area contributed by atoms with Crippen LogP contribution in [0.1, 0.15) is 43.2 Å². The van der Waals surface area contributed by atoms with Gasteiger partial charge in [-0.05, 0) is 55.4 Å². The molecule has 4 nitrogen and oxygen atoms in total. The highest BCUT2D eigenvalue weighted by Crippen LogP contribution is 2.26. The van der Waals surface area contributed by atoms with E-state index in [4.69, 9.17) is 4.74 Å². The molecule has 1 heterocycles. The molecule has 3 aliphatic rings. The van der Waals surface area contributed by atoms with Crippen LogP contribution in [0.2, 0.25) is 0 Å². The fraction of sp³-hybridized carbons (Fsp3) is 0.650. The first kappa shape index (κ1) is 15.9. The van der Waals surface area contributed by atoms with Gasteiger partial charge in [-0.1, -0.05) is 18.9 Å². The van der Waals surface area contributed by atoms with Gasteiger partial charge in [0.05, 0.1) is 0 Å². The van der Waals surface area contributed by atoms with Crippen LogP contribution in [0.15, 0.2) is 18.2 Å². The lowest BCUT2D eigenvalue weighted by molar-refractivity contribution is -0.135. The molecule has 0 spiro atoms. The fourth-order valence-corrected chi connectivity index (χ4v) is 4.48. The number of hydrogen-bond acceptors (Lipinski definition) is 3. The van der Waals surface area contributed by atoms with Gasteiger partial charge in [0, 0.05) is 32.2 Å². The summed E-state index contributed by atoms with van der Waals surface area (Å²) in [5.41, 5.74) is 2.84. The predicted octanol–water partition coefficient (Wildman–Crippen LogP) is 2.64. The highest BCUT2D eigenvalue weighted by molar-refractivity contribution is 5.77. The Morgan fingerprint density at radius 2 is 1.75 bits per heavy atom. The number of hydrogen-bond donors (Lipinski definition) is 0. The largest absolute Gasteiger partial charge is 0.484 e. The Labute approximate surface area is 144 Å². The van der Waals surface area contributed by atoms with Gasteiger partial charge in [0.1, 0.15) is 5.75 Å². The topological polar surface area (TPSA) is 32.8 Å². The minimum Gasteiger partial charge on any atom is -0.484 e. The third-order valence-electron chi connectivity index (χ3n) is 5.94. The molecule has 0 N–H and O–H groups in total. The van der Waals surface area contributed by atoms with Crippen LogP contribution < -0.4 is 4.74 Å². The SMILES string of the molecule is O=C(COc1ccc2c(c1)CCC2)N1CCN(C2CCCC2)CC1. The Kier molecular flexibility index (Phi) is 4.74. The summed E-state index contributed by atoms with van der Waals surface area (Å²) in [7, 11) is 0. The van der Waals surface area contributed by atoms with Gasteiger partial charge < -0.3 is 9.64 Å². The standard InChI is InChI=1S/C20H28N2O2/c23-20(15-24-19-9-8-16-4-3-5-17(16)14-19)22-12-10-21(11-13-22)18-6-1-2-7-18/h8-9,14,18H,1-7,10-13,15H2. The molecule has 1 aliphatic heterocycles. The van der Waals surface area contributed by atoms with E-state index in [-0.39, 0.29) is 12.5 Å². The zero-order chi connectivity index (χ0) is 16.4. The molecule has 0 aromatic heterocycles. The maximum atomic E-state index is 12.4. The van der Waals surface area contributed by atoms with Crippen molar-refractivity contribution >= 4 is 5.91 Å². The number of fused-ring (bicyclic) bond motifs is 1. The van der Waals surface area contributed by atoms with Gasteiger partial charge in [-0.25, -0.2) is 0 Å². The predicted molar refractivity (Wildman–Crippen MR) is 94.4 cm³/mol. The van der Waals surface area contributed by atoms with Crippen LogP contribution >= 0.6 is 0 Å². The second-order valence-electron chi connectivity index (χ2n) is 7.43. The van der Waals surface area contributed by atoms with Gasteiger partial charge in [-0.3, -0.25) is 9.69 Å². The van der Waals surface area contributed by atoms with Crippen LogP contribution in [-0.2, 0) is 17.6 Å². The van der Waals surface area contributed by atoms with Crippen LogP contribution in [0.4, 0.5) is 0 Å². The van der Waals surface area contributed by atoms with Crippen molar-refractivity contribution in [1.29, 1.82) is 0 Å². The van der Waals surface area contributed by atoms with Gasteiger partial charge >= 0.3 is 0 Å². The van der Waals surface area contributed by atoms with E-state index in [1.54, 1.807) is 0 Å². The van der Waals surface area contributed by atoms with Crippen molar-refractivity contribution in [3.8, 4) is 5.75 Å². The first-order valence-corrected chi connectivity index (χ1v) is 9.56. The maximum absolute atomic E-state index is 12.4. The van der Waals surface area contributed by atoms with Crippen LogP contribution in [0.3, 0.4) is 0 Å². The van der Waals surface area contributed by atoms with Crippen LogP contribution in [0.5, 0.6) is 5.75 Å². The smallest absolute Gasteiger partial charge is 0.260 e. The molecule has 1 aromatic carbocycles. The molecule has 130 valence electrons. The van der Waals surface area contributed by atoms with Gasteiger partial charge in [0.25, 0.3) is 5.91 Å². The van der Waals surface area contributed by atoms with E-state index in [0.717, 1.165) is 44.4 Å². The molecule has 1 saturated heterocycles. The second-order valence-corrected chi connectivity index (χ2v) is 7.43. The second kappa shape index (κ2) is 7.14. The van der Waals surface area contributed by atoms with E-state index in [1.807, 2.05) is 11.0 Å². The van der Waals surface area contributed by atoms with Gasteiger partial charge in [-0.15, -0.1) is 0 Å². The summed E-state index contributed by atoms with van der Waals surface area (Å²) in [5, 5.41) is 0. The van der Waals surface area contributed by atoms with Crippen molar-refractivity contribution in [3.63, 3.8) is 0 Å². The number of nitrogens with zero attached hydrogens (tertiary/aromatic N) is 2. The van der Waals surface area contributed by atoms with Crippen molar-refractivity contribution in [2.24, 2.45) is 0 Å². The molecule has 1 aromatic rings. The summed E-state index contributed by atoms with van der Waals surface area (Å²) >= 11 is 0. The minimum atomic E-state index is 0.126. The van der Waals surface area contributed by atoms with E-state index >= 15 is 0 Å². The van der Waals surface area contributed by atoms with Gasteiger partial charge in [0.2, 0.25) is 0 Å². The molecule has 2 fully saturated rings. The molecule has 4 heteroatoms. The summed E-state index contributed by atoms with van der Waals surface area (Å²) in [6.07, 6.45) is 8.99. The van der Waals surface area contributed by atoms with E-state index in [1.165, 1.54) is 49.7 Å². The van der Waals surface area contributed by atoms with Crippen LogP contribution in [0, 0.1) is 0 Å². The Hall–Kier alpha value is -1.55. The Bertz CT molecular complexity index is 587. The van der Waals surface area contributed by atoms with E-state index in [2.05, 4.69) is 17.0 Å². The molecule has 0 unspecified atom stereocenters. The molecule has 1 amide bonds. The van der Waals surface area contributed by atoms with Crippen molar-refractivity contribution < 1.29 is 9.53 Å². The number of piperazine rings is 1. The van der Waals surface area contributed by atoms with Crippen LogP contribution in [0.25, 0.3) is 0 Å². The number of rotatable bonds is 4. The molecule has 0 atom stereocenters. The molecule has 2 aliphatic carbocycles.